The molecule has 0 fully saturated rings. The summed E-state index contributed by atoms with van der Waals surface area (Å²) in [4.78, 5) is 4.30. The third kappa shape index (κ3) is 2.77. The van der Waals surface area contributed by atoms with Gasteiger partial charge in [-0.3, -0.25) is 4.98 Å². The minimum atomic E-state index is 0.608. The van der Waals surface area contributed by atoms with Gasteiger partial charge in [0.25, 0.3) is 0 Å². The molecule has 0 N–H and O–H groups in total. The Kier molecular flexibility index (Phi) is 3.31. The average Bonchev–Trinajstić information content (AvgIpc) is 2.31. The van der Waals surface area contributed by atoms with Crippen molar-refractivity contribution in [1.29, 1.82) is 0 Å². The van der Waals surface area contributed by atoms with Crippen LogP contribution in [0.1, 0.15) is 0 Å². The van der Waals surface area contributed by atoms with Crippen molar-refractivity contribution in [3.8, 4) is 5.75 Å². The van der Waals surface area contributed by atoms with Crippen LogP contribution in [0.2, 0.25) is 0 Å². The van der Waals surface area contributed by atoms with E-state index in [9.17, 15) is 0 Å². The Labute approximate surface area is 91.1 Å². The van der Waals surface area contributed by atoms with Gasteiger partial charge < -0.3 is 4.74 Å². The van der Waals surface area contributed by atoms with Crippen LogP contribution in [-0.4, -0.2) is 12.1 Å². The molecule has 2 nitrogen and oxygen atoms in total. The summed E-state index contributed by atoms with van der Waals surface area (Å²) in [7, 11) is 2.28. The van der Waals surface area contributed by atoms with Gasteiger partial charge in [-0.05, 0) is 38.2 Å². The molecule has 0 spiro atoms. The highest BCUT2D eigenvalue weighted by molar-refractivity contribution is 7.55. The van der Waals surface area contributed by atoms with E-state index >= 15 is 0 Å². The van der Waals surface area contributed by atoms with E-state index in [1.165, 1.54) is 5.30 Å². The maximum atomic E-state index is 5.11. The largest absolute Gasteiger partial charge is 0.497 e. The van der Waals surface area contributed by atoms with E-state index in [0.29, 0.717) is 8.58 Å². The van der Waals surface area contributed by atoms with E-state index < -0.39 is 0 Å². The number of methoxy groups -OCH3 is 1. The monoisotopic (exact) mass is 217 g/mol. The number of hydrogen-bond donors (Lipinski definition) is 0. The number of pyridine rings is 1. The Morgan fingerprint density at radius 3 is 2.47 bits per heavy atom. The van der Waals surface area contributed by atoms with Gasteiger partial charge in [-0.15, -0.1) is 0 Å². The predicted molar refractivity (Wildman–Crippen MR) is 64.8 cm³/mol. The van der Waals surface area contributed by atoms with Gasteiger partial charge in [0.05, 0.1) is 12.5 Å². The van der Waals surface area contributed by atoms with Crippen molar-refractivity contribution in [3.05, 3.63) is 48.7 Å². The molecule has 76 valence electrons. The van der Waals surface area contributed by atoms with Crippen LogP contribution in [0.25, 0.3) is 0 Å². The molecule has 15 heavy (non-hydrogen) atoms. The molecule has 2 aromatic rings. The molecular weight excluding hydrogens is 205 g/mol. The third-order valence-corrected chi connectivity index (χ3v) is 3.20. The average molecular weight is 217 g/mol. The Hall–Kier alpha value is -1.40. The van der Waals surface area contributed by atoms with Crippen molar-refractivity contribution in [3.63, 3.8) is 0 Å². The standard InChI is InChI=1S/C12H12NOP/c1-14-10-5-7-11(8-6-10)15-12-4-2-3-9-13-12/h2-9,15H,1H3. The fraction of sp³-hybridized carbons (Fsp3) is 0.0833. The van der Waals surface area contributed by atoms with E-state index in [0.717, 1.165) is 11.2 Å². The van der Waals surface area contributed by atoms with E-state index in [1.54, 1.807) is 7.11 Å². The fourth-order valence-corrected chi connectivity index (χ4v) is 2.21. The van der Waals surface area contributed by atoms with Gasteiger partial charge in [-0.25, -0.2) is 0 Å². The van der Waals surface area contributed by atoms with E-state index in [4.69, 9.17) is 4.74 Å². The van der Waals surface area contributed by atoms with Gasteiger partial charge in [0, 0.05) is 6.20 Å². The van der Waals surface area contributed by atoms with Gasteiger partial charge in [0.2, 0.25) is 0 Å². The van der Waals surface area contributed by atoms with E-state index in [1.807, 2.05) is 36.5 Å². The highest BCUT2D eigenvalue weighted by Gasteiger charge is 1.96. The number of nitrogens with zero attached hydrogens (tertiary/aromatic N) is 1. The maximum Gasteiger partial charge on any atom is 0.118 e. The molecule has 0 aliphatic heterocycles. The Bertz CT molecular complexity index is 413. The summed E-state index contributed by atoms with van der Waals surface area (Å²) in [5.41, 5.74) is 1.11. The van der Waals surface area contributed by atoms with Crippen LogP contribution in [-0.2, 0) is 0 Å². The van der Waals surface area contributed by atoms with Gasteiger partial charge in [-0.1, -0.05) is 18.2 Å². The first-order chi connectivity index (χ1) is 7.38. The van der Waals surface area contributed by atoms with Gasteiger partial charge >= 0.3 is 0 Å². The molecule has 0 bridgehead atoms. The summed E-state index contributed by atoms with van der Waals surface area (Å²) in [6.45, 7) is 0. The summed E-state index contributed by atoms with van der Waals surface area (Å²) in [5, 5.41) is 1.27. The minimum Gasteiger partial charge on any atom is -0.497 e. The smallest absolute Gasteiger partial charge is 0.118 e. The summed E-state index contributed by atoms with van der Waals surface area (Å²) in [5.74, 6) is 0.893. The molecule has 1 heterocycles. The highest BCUT2D eigenvalue weighted by Crippen LogP contribution is 2.12. The minimum absolute atomic E-state index is 0.608. The third-order valence-electron chi connectivity index (χ3n) is 2.03. The van der Waals surface area contributed by atoms with E-state index in [2.05, 4.69) is 17.1 Å². The maximum absolute atomic E-state index is 5.11. The molecule has 1 aromatic heterocycles. The molecule has 0 saturated heterocycles. The second-order valence-electron chi connectivity index (χ2n) is 3.07. The van der Waals surface area contributed by atoms with Crippen LogP contribution in [0.3, 0.4) is 0 Å². The van der Waals surface area contributed by atoms with Crippen LogP contribution >= 0.6 is 8.58 Å². The van der Waals surface area contributed by atoms with Crippen LogP contribution < -0.4 is 15.5 Å². The van der Waals surface area contributed by atoms with Crippen molar-refractivity contribution < 1.29 is 4.74 Å². The first-order valence-corrected chi connectivity index (χ1v) is 5.70. The van der Waals surface area contributed by atoms with Crippen LogP contribution in [0.15, 0.2) is 48.7 Å². The van der Waals surface area contributed by atoms with E-state index in [-0.39, 0.29) is 0 Å². The number of aromatic nitrogens is 1. The van der Waals surface area contributed by atoms with Gasteiger partial charge in [0.15, 0.2) is 0 Å². The molecule has 0 radical (unpaired) electrons. The lowest BCUT2D eigenvalue weighted by atomic mass is 10.3. The zero-order valence-electron chi connectivity index (χ0n) is 8.47. The summed E-state index contributed by atoms with van der Waals surface area (Å²) in [6, 6.07) is 14.1. The van der Waals surface area contributed by atoms with Crippen molar-refractivity contribution in [2.24, 2.45) is 0 Å². The zero-order chi connectivity index (χ0) is 10.5. The Morgan fingerprint density at radius 2 is 1.87 bits per heavy atom. The molecule has 0 aliphatic rings. The lowest BCUT2D eigenvalue weighted by molar-refractivity contribution is 0.415. The van der Waals surface area contributed by atoms with Crippen LogP contribution in [0, 0.1) is 0 Å². The SMILES string of the molecule is COc1ccc(Pc2ccccn2)cc1. The van der Waals surface area contributed by atoms with Crippen molar-refractivity contribution in [2.75, 3.05) is 7.11 Å². The number of benzene rings is 1. The van der Waals surface area contributed by atoms with Crippen LogP contribution in [0.5, 0.6) is 5.75 Å². The van der Waals surface area contributed by atoms with Crippen molar-refractivity contribution >= 4 is 19.3 Å². The molecule has 0 aliphatic carbocycles. The second kappa shape index (κ2) is 4.90. The Morgan fingerprint density at radius 1 is 1.07 bits per heavy atom. The molecule has 1 aromatic carbocycles. The quantitative estimate of drug-likeness (QED) is 0.730. The predicted octanol–water partition coefficient (Wildman–Crippen LogP) is 1.72. The lowest BCUT2D eigenvalue weighted by Gasteiger charge is -2.02. The number of rotatable bonds is 3. The number of hydrogen-bond acceptors (Lipinski definition) is 2. The highest BCUT2D eigenvalue weighted by atomic mass is 31.1. The van der Waals surface area contributed by atoms with Crippen LogP contribution in [0.4, 0.5) is 0 Å². The molecule has 0 saturated carbocycles. The van der Waals surface area contributed by atoms with Crippen molar-refractivity contribution in [1.82, 2.24) is 4.98 Å². The molecule has 1 atom stereocenters. The summed E-state index contributed by atoms with van der Waals surface area (Å²) in [6.07, 6.45) is 1.83. The normalized spacial score (nSPS) is 10.7. The van der Waals surface area contributed by atoms with Gasteiger partial charge in [0.1, 0.15) is 5.75 Å². The molecule has 1 unspecified atom stereocenters. The summed E-state index contributed by atoms with van der Waals surface area (Å²) < 4.78 is 5.11. The molecule has 3 heteroatoms. The summed E-state index contributed by atoms with van der Waals surface area (Å²) >= 11 is 0. The Balaban J connectivity index is 2.11. The number of ether oxygens (including phenoxy) is 1. The second-order valence-corrected chi connectivity index (χ2v) is 4.41. The topological polar surface area (TPSA) is 22.1 Å². The first-order valence-electron chi connectivity index (χ1n) is 4.70. The fourth-order valence-electron chi connectivity index (χ4n) is 1.26. The molecular formula is C12H12NOP. The zero-order valence-corrected chi connectivity index (χ0v) is 9.47. The lowest BCUT2D eigenvalue weighted by Crippen LogP contribution is -2.05. The van der Waals surface area contributed by atoms with Gasteiger partial charge in [-0.2, -0.15) is 0 Å². The van der Waals surface area contributed by atoms with Crippen molar-refractivity contribution in [2.45, 2.75) is 0 Å². The molecule has 2 rings (SSSR count). The first kappa shape index (κ1) is 10.1. The molecule has 0 amide bonds.